The molecule has 0 saturated heterocycles. The van der Waals surface area contributed by atoms with Crippen LogP contribution >= 0.6 is 9.12 Å². The number of hydrogen-bond donors (Lipinski definition) is 0. The molecule has 0 heterocycles. The molecule has 0 spiro atoms. The zero-order valence-corrected chi connectivity index (χ0v) is 4.92. The van der Waals surface area contributed by atoms with Crippen molar-refractivity contribution in [3.63, 3.8) is 0 Å². The predicted molar refractivity (Wildman–Crippen MR) is 15.5 cm³/mol. The Morgan fingerprint density at radius 2 is 1.00 bits per heavy atom. The fourth-order valence-electron chi connectivity index (χ4n) is 0. The summed E-state index contributed by atoms with van der Waals surface area (Å²) in [7, 11) is 6.33. The third kappa shape index (κ3) is 9.77. The second-order valence-corrected chi connectivity index (χ2v) is 0. The molecule has 0 rings (SSSR count). The molecule has 0 nitrogen and oxygen atoms in total. The molecule has 0 aliphatic carbocycles. The van der Waals surface area contributed by atoms with Crippen molar-refractivity contribution >= 4 is 16.7 Å². The molecule has 2 radical (unpaired) electrons. The summed E-state index contributed by atoms with van der Waals surface area (Å²) in [5.74, 6) is 0. The summed E-state index contributed by atoms with van der Waals surface area (Å²) in [6.45, 7) is 0. The summed E-state index contributed by atoms with van der Waals surface area (Å²) in [6, 6.07) is 0. The first-order valence-corrected chi connectivity index (χ1v) is 1.00. The SMILES string of the molecule is [B]P.[Ni].[Ni]. The molecule has 30 valence electrons. The summed E-state index contributed by atoms with van der Waals surface area (Å²) in [4.78, 5) is 0. The predicted octanol–water partition coefficient (Wildman–Crippen LogP) is -0.0600. The minimum absolute atomic E-state index is 0. The van der Waals surface area contributed by atoms with Gasteiger partial charge in [-0.1, -0.05) is 0 Å². The van der Waals surface area contributed by atoms with E-state index in [0.717, 1.165) is 0 Å². The van der Waals surface area contributed by atoms with E-state index in [1.807, 2.05) is 9.12 Å². The zero-order chi connectivity index (χ0) is 2.00. The topological polar surface area (TPSA) is 0 Å². The Morgan fingerprint density at radius 3 is 1.00 bits per heavy atom. The van der Waals surface area contributed by atoms with Crippen LogP contribution in [0.4, 0.5) is 0 Å². The van der Waals surface area contributed by atoms with Crippen LogP contribution in [0, 0.1) is 0 Å². The molecule has 0 aliphatic heterocycles. The first-order valence-electron chi connectivity index (χ1n) is 0.333. The van der Waals surface area contributed by atoms with E-state index in [-0.39, 0.29) is 33.0 Å². The Hall–Kier alpha value is 1.48. The maximum Gasteiger partial charge on any atom is 0.0996 e. The van der Waals surface area contributed by atoms with Crippen LogP contribution < -0.4 is 0 Å². The summed E-state index contributed by atoms with van der Waals surface area (Å²) < 4.78 is 0. The summed E-state index contributed by atoms with van der Waals surface area (Å²) in [6.07, 6.45) is 0. The number of hydrogen-bond acceptors (Lipinski definition) is 0. The van der Waals surface area contributed by atoms with Crippen molar-refractivity contribution in [3.8, 4) is 0 Å². The normalized spacial score (nSPS) is 1.25. The maximum absolute atomic E-state index is 4.42. The van der Waals surface area contributed by atoms with Gasteiger partial charge in [0.2, 0.25) is 0 Å². The quantitative estimate of drug-likeness (QED) is 0.345. The largest absolute Gasteiger partial charge is 0.187 e. The van der Waals surface area contributed by atoms with Gasteiger partial charge in [0.1, 0.15) is 0 Å². The van der Waals surface area contributed by atoms with E-state index in [1.54, 1.807) is 0 Å². The van der Waals surface area contributed by atoms with Gasteiger partial charge in [0.15, 0.2) is 0 Å². The molecule has 0 saturated carbocycles. The Morgan fingerprint density at radius 1 is 1.00 bits per heavy atom. The summed E-state index contributed by atoms with van der Waals surface area (Å²) in [5.41, 5.74) is 0. The molecule has 1 unspecified atom stereocenters. The van der Waals surface area contributed by atoms with Crippen molar-refractivity contribution in [2.45, 2.75) is 0 Å². The summed E-state index contributed by atoms with van der Waals surface area (Å²) >= 11 is 0. The van der Waals surface area contributed by atoms with E-state index in [9.17, 15) is 0 Å². The van der Waals surface area contributed by atoms with Crippen LogP contribution in [-0.4, -0.2) is 7.57 Å². The third-order valence-corrected chi connectivity index (χ3v) is 0. The van der Waals surface area contributed by atoms with Gasteiger partial charge in [-0.25, -0.2) is 0 Å². The molecular formula is H2BNi2P. The van der Waals surface area contributed by atoms with Gasteiger partial charge < -0.3 is 0 Å². The third-order valence-electron chi connectivity index (χ3n) is 0. The second-order valence-electron chi connectivity index (χ2n) is 0. The Labute approximate surface area is 49.9 Å². The molecule has 0 aromatic rings. The Bertz CT molecular complexity index is 6.00. The van der Waals surface area contributed by atoms with Gasteiger partial charge >= 0.3 is 0 Å². The second kappa shape index (κ2) is 24.7. The molecule has 0 aliphatic rings. The van der Waals surface area contributed by atoms with Crippen molar-refractivity contribution in [1.82, 2.24) is 0 Å². The van der Waals surface area contributed by atoms with Gasteiger partial charge in [-0.05, 0) is 0 Å². The number of rotatable bonds is 0. The molecule has 0 N–H and O–H groups in total. The molecular weight excluding hydrogens is 159 g/mol. The molecule has 1 atom stereocenters. The van der Waals surface area contributed by atoms with Crippen molar-refractivity contribution < 1.29 is 33.0 Å². The molecule has 0 aromatic heterocycles. The van der Waals surface area contributed by atoms with Crippen molar-refractivity contribution in [2.75, 3.05) is 0 Å². The van der Waals surface area contributed by atoms with Gasteiger partial charge in [-0.2, -0.15) is 9.12 Å². The molecule has 0 bridgehead atoms. The Balaban J connectivity index is -0.00000000500. The van der Waals surface area contributed by atoms with Gasteiger partial charge in [0.05, 0.1) is 7.57 Å². The van der Waals surface area contributed by atoms with E-state index in [0.29, 0.717) is 0 Å². The van der Waals surface area contributed by atoms with E-state index in [1.165, 1.54) is 0 Å². The first kappa shape index (κ1) is 17.9. The van der Waals surface area contributed by atoms with Crippen LogP contribution in [-0.2, 0) is 33.0 Å². The molecule has 0 aromatic carbocycles. The van der Waals surface area contributed by atoms with Crippen LogP contribution in [0.25, 0.3) is 0 Å². The van der Waals surface area contributed by atoms with Crippen molar-refractivity contribution in [2.24, 2.45) is 0 Å². The average Bonchev–Trinajstić information content (AvgIpc) is 1.00. The van der Waals surface area contributed by atoms with Crippen LogP contribution in [0.15, 0.2) is 0 Å². The van der Waals surface area contributed by atoms with Gasteiger partial charge in [-0.3, -0.25) is 0 Å². The van der Waals surface area contributed by atoms with Crippen LogP contribution in [0.2, 0.25) is 0 Å². The molecule has 4 heavy (non-hydrogen) atoms. The van der Waals surface area contributed by atoms with Gasteiger partial charge in [-0.15, -0.1) is 0 Å². The van der Waals surface area contributed by atoms with Crippen LogP contribution in [0.1, 0.15) is 0 Å². The monoisotopic (exact) mass is 160 g/mol. The van der Waals surface area contributed by atoms with Crippen LogP contribution in [0.3, 0.4) is 0 Å². The summed E-state index contributed by atoms with van der Waals surface area (Å²) in [5, 5.41) is 0. The van der Waals surface area contributed by atoms with E-state index < -0.39 is 0 Å². The van der Waals surface area contributed by atoms with Crippen molar-refractivity contribution in [1.29, 1.82) is 0 Å². The minimum atomic E-state index is 0. The fourth-order valence-corrected chi connectivity index (χ4v) is 0. The van der Waals surface area contributed by atoms with E-state index in [4.69, 9.17) is 0 Å². The smallest absolute Gasteiger partial charge is 0.0996 e. The van der Waals surface area contributed by atoms with Gasteiger partial charge in [0, 0.05) is 33.0 Å². The molecule has 0 amide bonds. The molecule has 0 fully saturated rings. The fraction of sp³-hybridized carbons (Fsp3) is 0. The minimum Gasteiger partial charge on any atom is -0.187 e. The maximum atomic E-state index is 4.42. The van der Waals surface area contributed by atoms with Crippen molar-refractivity contribution in [3.05, 3.63) is 0 Å². The Kier molecular flexibility index (Phi) is 111. The van der Waals surface area contributed by atoms with Gasteiger partial charge in [0.25, 0.3) is 0 Å². The molecule has 4 heteroatoms. The average molecular weight is 161 g/mol. The van der Waals surface area contributed by atoms with E-state index >= 15 is 0 Å². The van der Waals surface area contributed by atoms with Crippen LogP contribution in [0.5, 0.6) is 0 Å². The first-order chi connectivity index (χ1) is 1.00. The van der Waals surface area contributed by atoms with E-state index in [2.05, 4.69) is 7.57 Å². The zero-order valence-electron chi connectivity index (χ0n) is 1.79. The standard InChI is InChI=1S/BH2P.2Ni/c1-2;;/h2H2;;.